The largest absolute Gasteiger partial charge is 2.00 e. The summed E-state index contributed by atoms with van der Waals surface area (Å²) in [5.74, 6) is 0.717. The number of aromatic nitrogens is 2. The van der Waals surface area contributed by atoms with Gasteiger partial charge in [-0.05, 0) is 86.5 Å². The van der Waals surface area contributed by atoms with Crippen LogP contribution in [-0.2, 0) is 19.1 Å². The average Bonchev–Trinajstić information content (AvgIpc) is 4.00. The first kappa shape index (κ1) is 53.5. The van der Waals surface area contributed by atoms with Crippen molar-refractivity contribution < 1.29 is 29.3 Å². The normalized spacial score (nSPS) is 26.2. The van der Waals surface area contributed by atoms with E-state index in [4.69, 9.17) is 30.1 Å². The Labute approximate surface area is 412 Å². The number of allylic oxidation sites excluding steroid dienone is 3. The van der Waals surface area contributed by atoms with E-state index in [-0.39, 0.29) is 64.9 Å². The third kappa shape index (κ3) is 12.1. The molecular weight excluding hydrogens is 837 g/mol. The molecule has 10 atom stereocenters. The minimum atomic E-state index is -1.08. The molecule has 6 rings (SSSR count). The van der Waals surface area contributed by atoms with Crippen LogP contribution >= 0.6 is 0 Å². The Kier molecular flexibility index (Phi) is 19.3. The van der Waals surface area contributed by atoms with E-state index in [0.29, 0.717) is 52.2 Å². The number of aliphatic hydroxyl groups is 2. The second-order valence-corrected chi connectivity index (χ2v) is 20.9. The Morgan fingerprint density at radius 3 is 1.92 bits per heavy atom. The molecule has 66 heavy (non-hydrogen) atoms. The van der Waals surface area contributed by atoms with Gasteiger partial charge < -0.3 is 40.3 Å². The van der Waals surface area contributed by atoms with E-state index in [9.17, 15) is 19.8 Å². The molecular formula is C55H80MgN4O6-2. The number of aliphatic hydroxyl groups excluding tert-OH is 2. The zero-order valence-corrected chi connectivity index (χ0v) is 43.9. The summed E-state index contributed by atoms with van der Waals surface area (Å²) >= 11 is 0. The smallest absolute Gasteiger partial charge is 0.681 e. The van der Waals surface area contributed by atoms with Crippen molar-refractivity contribution in [3.05, 3.63) is 72.1 Å². The van der Waals surface area contributed by atoms with Gasteiger partial charge in [-0.2, -0.15) is 17.1 Å². The van der Waals surface area contributed by atoms with Gasteiger partial charge in [0.05, 0.1) is 19.8 Å². The van der Waals surface area contributed by atoms with Gasteiger partial charge in [0.1, 0.15) is 11.7 Å². The molecule has 0 amide bonds. The predicted octanol–water partition coefficient (Wildman–Crippen LogP) is 11.1. The van der Waals surface area contributed by atoms with Gasteiger partial charge in [0, 0.05) is 11.6 Å². The topological polar surface area (TPSA) is 149 Å². The van der Waals surface area contributed by atoms with E-state index in [1.807, 2.05) is 32.1 Å². The van der Waals surface area contributed by atoms with Crippen LogP contribution in [-0.4, -0.2) is 65.0 Å². The van der Waals surface area contributed by atoms with Gasteiger partial charge in [-0.15, -0.1) is 22.4 Å². The fraction of sp³-hybridized carbons (Fsp3) is 0.673. The third-order valence-corrected chi connectivity index (χ3v) is 15.4. The molecule has 360 valence electrons. The van der Waals surface area contributed by atoms with E-state index in [1.165, 1.54) is 58.5 Å². The quantitative estimate of drug-likeness (QED) is 0.0928. The summed E-state index contributed by atoms with van der Waals surface area (Å²) in [6.07, 6.45) is 19.2. The number of carbonyl (C=O) groups is 2. The number of esters is 2. The van der Waals surface area contributed by atoms with Gasteiger partial charge in [-0.25, -0.2) is 0 Å². The molecule has 1 aliphatic carbocycles. The molecule has 10 nitrogen and oxygen atoms in total. The first-order chi connectivity index (χ1) is 30.9. The number of carbonyl (C=O) groups excluding carboxylic acids is 2. The summed E-state index contributed by atoms with van der Waals surface area (Å²) in [5, 5.41) is 34.6. The predicted molar refractivity (Wildman–Crippen MR) is 268 cm³/mol. The summed E-state index contributed by atoms with van der Waals surface area (Å²) in [6, 6.07) is -0.586. The molecule has 2 aromatic rings. The Balaban J connectivity index is 0.00000817. The number of hydrogen-bond donors (Lipinski definition) is 2. The molecule has 5 heterocycles. The Bertz CT molecular complexity index is 2230. The third-order valence-electron chi connectivity index (χ3n) is 15.4. The molecule has 2 aromatic heterocycles. The number of fused-ring (bicyclic) bond motifs is 8. The standard InChI is InChI=1S/C55H80N4O6.Mg/c1-13-39-34(7)41-29-46-48(38(11)60)36(9)43(57-46)27-42-35(8)40(52(58-42)50-51(55(63)64-12)54(62)49-37(10)44(59-53(49)50)28-45(39)56-41)23-24-47(61)65-26-25-33(6)22-16-21-32(5)20-15-19-31(4)18-14-17-30(2)3;/h27-35,38-40,51-52,60,62H,13-26H2,1-12H3;/q-4;+2/b41-29-,42-27-,45-28-;. The van der Waals surface area contributed by atoms with Crippen molar-refractivity contribution in [3.63, 3.8) is 0 Å². The molecule has 2 N–H and O–H groups in total. The van der Waals surface area contributed by atoms with E-state index in [2.05, 4.69) is 55.4 Å². The molecule has 0 aromatic carbocycles. The second kappa shape index (κ2) is 23.7. The number of rotatable bonds is 21. The van der Waals surface area contributed by atoms with Gasteiger partial charge in [0.25, 0.3) is 0 Å². The Morgan fingerprint density at radius 1 is 0.758 bits per heavy atom. The van der Waals surface area contributed by atoms with E-state index in [1.54, 1.807) is 6.92 Å². The van der Waals surface area contributed by atoms with Crippen molar-refractivity contribution in [1.82, 2.24) is 9.97 Å². The summed E-state index contributed by atoms with van der Waals surface area (Å²) in [4.78, 5) is 37.4. The fourth-order valence-corrected chi connectivity index (χ4v) is 11.2. The van der Waals surface area contributed by atoms with Crippen LogP contribution < -0.4 is 20.5 Å². The molecule has 8 bridgehead atoms. The number of hydrogen-bond acceptors (Lipinski definition) is 6. The molecule has 0 spiro atoms. The van der Waals surface area contributed by atoms with Gasteiger partial charge in [0.15, 0.2) is 0 Å². The molecule has 3 aliphatic heterocycles. The zero-order chi connectivity index (χ0) is 47.3. The molecule has 10 unspecified atom stereocenters. The summed E-state index contributed by atoms with van der Waals surface area (Å²) in [7, 11) is 1.33. The number of nitrogens with zero attached hydrogens (tertiary/aromatic N) is 4. The molecule has 4 aliphatic rings. The molecule has 11 heteroatoms. The van der Waals surface area contributed by atoms with Gasteiger partial charge >= 0.3 is 35.0 Å². The maximum absolute atomic E-state index is 13.7. The SMILES string of the molecule is CCC1/C2=C/c3[n-]c4c(c3C)=C(O)C(C(=O)OC)C=4C3[N-]/C(=C\c4[n-]c(c(C(C)O)c4C)/C=C(\[N-]2)C1C)C(C)C3CCC(=O)OCCC(C)CCCC(C)CCCC(C)CCCC(C)C.[Mg+2]. The van der Waals surface area contributed by atoms with Crippen molar-refractivity contribution in [3.8, 4) is 0 Å². The molecule has 0 radical (unpaired) electrons. The Hall–Kier alpha value is -3.41. The van der Waals surface area contributed by atoms with E-state index in [0.717, 1.165) is 70.8 Å². The van der Waals surface area contributed by atoms with E-state index >= 15 is 0 Å². The van der Waals surface area contributed by atoms with Crippen LogP contribution in [0, 0.1) is 67.1 Å². The second-order valence-electron chi connectivity index (χ2n) is 20.9. The Morgan fingerprint density at radius 2 is 1.33 bits per heavy atom. The van der Waals surface area contributed by atoms with Crippen LogP contribution in [0.1, 0.15) is 186 Å². The zero-order valence-electron chi connectivity index (χ0n) is 42.5. The van der Waals surface area contributed by atoms with E-state index < -0.39 is 24.0 Å². The van der Waals surface area contributed by atoms with Crippen LogP contribution in [0.4, 0.5) is 0 Å². The minimum Gasteiger partial charge on any atom is -0.681 e. The molecule has 2 saturated heterocycles. The first-order valence-electron chi connectivity index (χ1n) is 25.2. The summed E-state index contributed by atoms with van der Waals surface area (Å²) in [5.41, 5.74) is 7.62. The van der Waals surface area contributed by atoms with Crippen LogP contribution in [0.25, 0.3) is 40.2 Å². The monoisotopic (exact) mass is 917 g/mol. The van der Waals surface area contributed by atoms with Crippen LogP contribution in [0.3, 0.4) is 0 Å². The maximum atomic E-state index is 13.7. The molecule has 2 fully saturated rings. The van der Waals surface area contributed by atoms with Gasteiger partial charge in [-0.3, -0.25) is 9.59 Å². The first-order valence-corrected chi connectivity index (χ1v) is 25.2. The van der Waals surface area contributed by atoms with Crippen molar-refractivity contribution >= 4 is 64.6 Å². The number of ether oxygens (including phenoxy) is 2. The van der Waals surface area contributed by atoms with Crippen molar-refractivity contribution in [1.29, 1.82) is 0 Å². The van der Waals surface area contributed by atoms with Crippen LogP contribution in [0.5, 0.6) is 0 Å². The minimum absolute atomic E-state index is 0. The van der Waals surface area contributed by atoms with Gasteiger partial charge in [0.2, 0.25) is 0 Å². The van der Waals surface area contributed by atoms with Gasteiger partial charge in [-0.1, -0.05) is 161 Å². The fourth-order valence-electron chi connectivity index (χ4n) is 11.2. The molecule has 0 saturated carbocycles. The van der Waals surface area contributed by atoms with Crippen molar-refractivity contribution in [2.75, 3.05) is 13.7 Å². The van der Waals surface area contributed by atoms with Crippen LogP contribution in [0.2, 0.25) is 0 Å². The summed E-state index contributed by atoms with van der Waals surface area (Å²) in [6.45, 7) is 24.2. The maximum Gasteiger partial charge on any atom is 2.00 e. The van der Waals surface area contributed by atoms with Crippen molar-refractivity contribution in [2.24, 2.45) is 53.3 Å². The van der Waals surface area contributed by atoms with Crippen molar-refractivity contribution in [2.45, 2.75) is 172 Å². The summed E-state index contributed by atoms with van der Waals surface area (Å²) < 4.78 is 11.2. The number of methoxy groups -OCH3 is 1. The average molecular weight is 918 g/mol. The van der Waals surface area contributed by atoms with Crippen LogP contribution in [0.15, 0.2) is 17.1 Å².